The molecule has 26 heavy (non-hydrogen) atoms. The zero-order valence-electron chi connectivity index (χ0n) is 16.9. The molecule has 7 nitrogen and oxygen atoms in total. The lowest BCUT2D eigenvalue weighted by atomic mass is 10.1. The summed E-state index contributed by atoms with van der Waals surface area (Å²) in [5.74, 6) is 1.56. The fourth-order valence-corrected chi connectivity index (χ4v) is 2.49. The maximum absolute atomic E-state index is 12.3. The van der Waals surface area contributed by atoms with Crippen LogP contribution in [0.15, 0.2) is 4.99 Å². The van der Waals surface area contributed by atoms with Crippen LogP contribution in [0.3, 0.4) is 0 Å². The minimum absolute atomic E-state index is 0. The molecule has 1 unspecified atom stereocenters. The number of hydrogen-bond donors (Lipinski definition) is 2. The number of hydrogen-bond acceptors (Lipinski definition) is 6. The van der Waals surface area contributed by atoms with Crippen molar-refractivity contribution in [2.24, 2.45) is 10.7 Å². The van der Waals surface area contributed by atoms with Crippen molar-refractivity contribution in [1.82, 2.24) is 5.32 Å². The molecule has 0 aromatic rings. The Morgan fingerprint density at radius 1 is 1.08 bits per heavy atom. The second-order valence-corrected chi connectivity index (χ2v) is 8.88. The normalized spacial score (nSPS) is 13.4. The topological polar surface area (TPSA) is 103 Å². The van der Waals surface area contributed by atoms with Crippen LogP contribution in [0.5, 0.6) is 0 Å². The zero-order chi connectivity index (χ0) is 19.7. The maximum atomic E-state index is 12.3. The second kappa shape index (κ2) is 12.3. The van der Waals surface area contributed by atoms with Crippen molar-refractivity contribution in [2.45, 2.75) is 72.1 Å². The number of aliphatic imine (C=N–C) groups is 1. The molecule has 0 radical (unpaired) electrons. The van der Waals surface area contributed by atoms with Crippen LogP contribution in [0.2, 0.25) is 0 Å². The van der Waals surface area contributed by atoms with Gasteiger partial charge in [0.05, 0.1) is 5.84 Å². The predicted molar refractivity (Wildman–Crippen MR) is 110 cm³/mol. The zero-order valence-corrected chi connectivity index (χ0v) is 18.5. The van der Waals surface area contributed by atoms with E-state index in [0.29, 0.717) is 24.6 Å². The summed E-state index contributed by atoms with van der Waals surface area (Å²) in [4.78, 5) is 28.4. The number of halogens is 1. The highest BCUT2D eigenvalue weighted by Gasteiger charge is 2.28. The number of carbonyl (C=O) groups excluding carboxylic acids is 2. The third-order valence-corrected chi connectivity index (χ3v) is 3.53. The van der Waals surface area contributed by atoms with E-state index in [4.69, 9.17) is 15.2 Å². The van der Waals surface area contributed by atoms with Crippen molar-refractivity contribution in [3.8, 4) is 0 Å². The largest absolute Gasteiger partial charge is 0.458 e. The fourth-order valence-electron chi connectivity index (χ4n) is 1.66. The van der Waals surface area contributed by atoms with Crippen LogP contribution in [-0.2, 0) is 14.3 Å². The monoisotopic (exact) mass is 411 g/mol. The summed E-state index contributed by atoms with van der Waals surface area (Å²) in [5.41, 5.74) is 4.23. The first-order valence-corrected chi connectivity index (χ1v) is 9.52. The van der Waals surface area contributed by atoms with Gasteiger partial charge in [0.2, 0.25) is 0 Å². The molecule has 0 aliphatic rings. The molecule has 154 valence electrons. The first kappa shape index (κ1) is 27.1. The molecule has 0 aromatic heterocycles. The average molecular weight is 412 g/mol. The molecule has 3 N–H and O–H groups in total. The van der Waals surface area contributed by atoms with E-state index in [2.05, 4.69) is 10.3 Å². The van der Waals surface area contributed by atoms with Gasteiger partial charge in [-0.15, -0.1) is 12.4 Å². The predicted octanol–water partition coefficient (Wildman–Crippen LogP) is 3.14. The molecule has 0 saturated carbocycles. The molecule has 0 aromatic carbocycles. The van der Waals surface area contributed by atoms with Crippen LogP contribution in [-0.4, -0.2) is 53.2 Å². The van der Waals surface area contributed by atoms with Gasteiger partial charge in [0.25, 0.3) is 0 Å². The molecule has 0 aliphatic carbocycles. The van der Waals surface area contributed by atoms with Gasteiger partial charge in [0.1, 0.15) is 17.2 Å². The smallest absolute Gasteiger partial charge is 0.408 e. The maximum Gasteiger partial charge on any atom is 0.408 e. The van der Waals surface area contributed by atoms with Gasteiger partial charge in [-0.3, -0.25) is 4.99 Å². The second-order valence-electron chi connectivity index (χ2n) is 7.66. The molecule has 9 heteroatoms. The Labute approximate surface area is 167 Å². The van der Waals surface area contributed by atoms with E-state index in [-0.39, 0.29) is 12.4 Å². The Hall–Kier alpha value is -1.15. The van der Waals surface area contributed by atoms with E-state index in [1.54, 1.807) is 60.2 Å². The Bertz CT molecular complexity index is 470. The van der Waals surface area contributed by atoms with E-state index < -0.39 is 29.3 Å². The number of ether oxygens (including phenoxy) is 2. The highest BCUT2D eigenvalue weighted by atomic mass is 35.5. The van der Waals surface area contributed by atoms with Crippen LogP contribution >= 0.6 is 24.2 Å². The van der Waals surface area contributed by atoms with E-state index in [0.717, 1.165) is 5.75 Å². The number of nitrogens with one attached hydrogen (secondary N) is 1. The van der Waals surface area contributed by atoms with Crippen LogP contribution in [0.25, 0.3) is 0 Å². The Morgan fingerprint density at radius 3 is 2.08 bits per heavy atom. The highest BCUT2D eigenvalue weighted by Crippen LogP contribution is 2.13. The van der Waals surface area contributed by atoms with Gasteiger partial charge in [0.15, 0.2) is 0 Å². The van der Waals surface area contributed by atoms with Crippen LogP contribution < -0.4 is 11.1 Å². The number of nitrogens with two attached hydrogens (primary N) is 1. The van der Waals surface area contributed by atoms with Crippen molar-refractivity contribution in [3.63, 3.8) is 0 Å². The summed E-state index contributed by atoms with van der Waals surface area (Å²) >= 11 is 1.64. The minimum atomic E-state index is -0.749. The fraction of sp³-hybridized carbons (Fsp3) is 0.824. The lowest BCUT2D eigenvalue weighted by molar-refractivity contribution is -0.157. The number of esters is 1. The number of amides is 1. The van der Waals surface area contributed by atoms with E-state index in [9.17, 15) is 9.59 Å². The van der Waals surface area contributed by atoms with Crippen molar-refractivity contribution in [3.05, 3.63) is 0 Å². The summed E-state index contributed by atoms with van der Waals surface area (Å²) in [6, 6.07) is -0.749. The lowest BCUT2D eigenvalue weighted by Gasteiger charge is -2.26. The molecule has 1 atom stereocenters. The average Bonchev–Trinajstić information content (AvgIpc) is 2.36. The number of amidine groups is 1. The van der Waals surface area contributed by atoms with E-state index in [1.807, 2.05) is 0 Å². The SMILES string of the molecule is CC(N)=NCCSCCC(NC(=O)OC(C)(C)C)C(=O)OC(C)(C)C.Cl. The minimum Gasteiger partial charge on any atom is -0.458 e. The van der Waals surface area contributed by atoms with Crippen molar-refractivity contribution in [2.75, 3.05) is 18.1 Å². The molecule has 0 bridgehead atoms. The van der Waals surface area contributed by atoms with Crippen LogP contribution in [0.4, 0.5) is 4.79 Å². The molecule has 0 rings (SSSR count). The third kappa shape index (κ3) is 16.3. The standard InChI is InChI=1S/C17H33N3O4S.ClH/c1-12(18)19-9-11-25-10-8-13(14(21)23-16(2,3)4)20-15(22)24-17(5,6)7;/h13H,8-11H2,1-7H3,(H2,18,19)(H,20,22);1H. The first-order valence-electron chi connectivity index (χ1n) is 8.37. The summed E-state index contributed by atoms with van der Waals surface area (Å²) in [5, 5.41) is 2.61. The molecular weight excluding hydrogens is 378 g/mol. The van der Waals surface area contributed by atoms with Crippen molar-refractivity contribution in [1.29, 1.82) is 0 Å². The summed E-state index contributed by atoms with van der Waals surface area (Å²) < 4.78 is 10.6. The van der Waals surface area contributed by atoms with Gasteiger partial charge in [-0.25, -0.2) is 9.59 Å². The first-order chi connectivity index (χ1) is 11.3. The number of carbonyl (C=O) groups is 2. The number of thioether (sulfide) groups is 1. The quantitative estimate of drug-likeness (QED) is 0.275. The van der Waals surface area contributed by atoms with Crippen LogP contribution in [0.1, 0.15) is 54.9 Å². The molecule has 0 spiro atoms. The van der Waals surface area contributed by atoms with Gasteiger partial charge < -0.3 is 20.5 Å². The van der Waals surface area contributed by atoms with Gasteiger partial charge in [-0.1, -0.05) is 0 Å². The lowest BCUT2D eigenvalue weighted by Crippen LogP contribution is -2.46. The number of alkyl carbamates (subject to hydrolysis) is 1. The summed E-state index contributed by atoms with van der Waals surface area (Å²) in [6.45, 7) is 13.0. The Balaban J connectivity index is 0. The van der Waals surface area contributed by atoms with E-state index >= 15 is 0 Å². The van der Waals surface area contributed by atoms with Gasteiger partial charge in [0, 0.05) is 12.3 Å². The number of nitrogens with zero attached hydrogens (tertiary/aromatic N) is 1. The Morgan fingerprint density at radius 2 is 1.62 bits per heavy atom. The van der Waals surface area contributed by atoms with Crippen molar-refractivity contribution >= 4 is 42.1 Å². The van der Waals surface area contributed by atoms with Gasteiger partial charge in [-0.2, -0.15) is 11.8 Å². The molecule has 0 fully saturated rings. The molecule has 0 saturated heterocycles. The highest BCUT2D eigenvalue weighted by molar-refractivity contribution is 7.99. The summed E-state index contributed by atoms with van der Waals surface area (Å²) in [7, 11) is 0. The molecule has 1 amide bonds. The Kier molecular flexibility index (Phi) is 12.8. The number of rotatable bonds is 8. The third-order valence-electron chi connectivity index (χ3n) is 2.53. The van der Waals surface area contributed by atoms with E-state index in [1.165, 1.54) is 0 Å². The van der Waals surface area contributed by atoms with Crippen molar-refractivity contribution < 1.29 is 19.1 Å². The molecule has 0 aliphatic heterocycles. The van der Waals surface area contributed by atoms with Gasteiger partial charge in [-0.05, 0) is 60.6 Å². The molecule has 0 heterocycles. The van der Waals surface area contributed by atoms with Gasteiger partial charge >= 0.3 is 12.1 Å². The molecular formula is C17H34ClN3O4S. The summed E-state index contributed by atoms with van der Waals surface area (Å²) in [6.07, 6.45) is -0.179. The van der Waals surface area contributed by atoms with Crippen LogP contribution in [0, 0.1) is 0 Å².